The van der Waals surface area contributed by atoms with Crippen molar-refractivity contribution in [2.24, 2.45) is 0 Å². The Morgan fingerprint density at radius 3 is 3.00 bits per heavy atom. The molecule has 0 unspecified atom stereocenters. The van der Waals surface area contributed by atoms with Gasteiger partial charge in [-0.05, 0) is 23.9 Å². The first-order chi connectivity index (χ1) is 6.61. The molecule has 14 heavy (non-hydrogen) atoms. The van der Waals surface area contributed by atoms with Gasteiger partial charge in [0.1, 0.15) is 4.88 Å². The SMILES string of the molecule is C=C(C)CNCc1ccsc1C(=O)O. The van der Waals surface area contributed by atoms with Crippen LogP contribution in [0.4, 0.5) is 0 Å². The third kappa shape index (κ3) is 2.97. The van der Waals surface area contributed by atoms with E-state index in [1.807, 2.05) is 13.0 Å². The normalized spacial score (nSPS) is 10.1. The Kier molecular flexibility index (Phi) is 3.85. The molecule has 0 aliphatic carbocycles. The zero-order chi connectivity index (χ0) is 10.6. The molecule has 1 aromatic heterocycles. The summed E-state index contributed by atoms with van der Waals surface area (Å²) in [5.74, 6) is -0.855. The Labute approximate surface area is 87.1 Å². The maximum atomic E-state index is 10.7. The highest BCUT2D eigenvalue weighted by molar-refractivity contribution is 7.12. The Hall–Kier alpha value is -1.13. The summed E-state index contributed by atoms with van der Waals surface area (Å²) < 4.78 is 0. The van der Waals surface area contributed by atoms with E-state index in [-0.39, 0.29) is 0 Å². The third-order valence-electron chi connectivity index (χ3n) is 1.68. The molecule has 4 heteroatoms. The van der Waals surface area contributed by atoms with Crippen molar-refractivity contribution in [3.63, 3.8) is 0 Å². The van der Waals surface area contributed by atoms with Gasteiger partial charge in [-0.15, -0.1) is 11.3 Å². The zero-order valence-electron chi connectivity index (χ0n) is 8.04. The van der Waals surface area contributed by atoms with Gasteiger partial charge in [-0.2, -0.15) is 0 Å². The molecule has 0 aromatic carbocycles. The molecule has 0 aliphatic rings. The molecule has 0 bridgehead atoms. The van der Waals surface area contributed by atoms with Crippen LogP contribution in [0, 0.1) is 0 Å². The van der Waals surface area contributed by atoms with Crippen molar-refractivity contribution in [3.8, 4) is 0 Å². The monoisotopic (exact) mass is 211 g/mol. The molecule has 1 aromatic rings. The van der Waals surface area contributed by atoms with Crippen LogP contribution in [0.5, 0.6) is 0 Å². The average molecular weight is 211 g/mol. The van der Waals surface area contributed by atoms with Crippen LogP contribution in [0.1, 0.15) is 22.2 Å². The fourth-order valence-electron chi connectivity index (χ4n) is 1.07. The molecule has 0 fully saturated rings. The van der Waals surface area contributed by atoms with Crippen LogP contribution in [-0.2, 0) is 6.54 Å². The molecule has 0 radical (unpaired) electrons. The maximum Gasteiger partial charge on any atom is 0.346 e. The van der Waals surface area contributed by atoms with Crippen molar-refractivity contribution in [2.45, 2.75) is 13.5 Å². The third-order valence-corrected chi connectivity index (χ3v) is 2.63. The Morgan fingerprint density at radius 2 is 2.43 bits per heavy atom. The highest BCUT2D eigenvalue weighted by Gasteiger charge is 2.10. The van der Waals surface area contributed by atoms with Crippen molar-refractivity contribution in [1.29, 1.82) is 0 Å². The standard InChI is InChI=1S/C10H13NO2S/c1-7(2)5-11-6-8-3-4-14-9(8)10(12)13/h3-4,11H,1,5-6H2,2H3,(H,12,13). The lowest BCUT2D eigenvalue weighted by Crippen LogP contribution is -2.16. The smallest absolute Gasteiger partial charge is 0.346 e. The Bertz CT molecular complexity index is 344. The fraction of sp³-hybridized carbons (Fsp3) is 0.300. The lowest BCUT2D eigenvalue weighted by atomic mass is 10.2. The second-order valence-electron chi connectivity index (χ2n) is 3.14. The van der Waals surface area contributed by atoms with Gasteiger partial charge in [-0.25, -0.2) is 4.79 Å². The van der Waals surface area contributed by atoms with Crippen LogP contribution in [0.15, 0.2) is 23.6 Å². The predicted octanol–water partition coefficient (Wildman–Crippen LogP) is 2.11. The summed E-state index contributed by atoms with van der Waals surface area (Å²) in [5.41, 5.74) is 1.88. The minimum absolute atomic E-state index is 0.416. The minimum Gasteiger partial charge on any atom is -0.477 e. The van der Waals surface area contributed by atoms with Crippen LogP contribution in [-0.4, -0.2) is 17.6 Å². The minimum atomic E-state index is -0.855. The molecular formula is C10H13NO2S. The van der Waals surface area contributed by atoms with Crippen LogP contribution in [0.25, 0.3) is 0 Å². The number of nitrogens with one attached hydrogen (secondary N) is 1. The van der Waals surface area contributed by atoms with Crippen molar-refractivity contribution in [2.75, 3.05) is 6.54 Å². The summed E-state index contributed by atoms with van der Waals surface area (Å²) in [6.07, 6.45) is 0. The van der Waals surface area contributed by atoms with Gasteiger partial charge >= 0.3 is 5.97 Å². The van der Waals surface area contributed by atoms with E-state index < -0.39 is 5.97 Å². The predicted molar refractivity (Wildman–Crippen MR) is 57.8 cm³/mol. The van der Waals surface area contributed by atoms with Crippen LogP contribution >= 0.6 is 11.3 Å². The molecule has 76 valence electrons. The van der Waals surface area contributed by atoms with Crippen molar-refractivity contribution in [1.82, 2.24) is 5.32 Å². The molecule has 2 N–H and O–H groups in total. The summed E-state index contributed by atoms with van der Waals surface area (Å²) in [6.45, 7) is 6.98. The van der Waals surface area contributed by atoms with E-state index in [0.29, 0.717) is 11.4 Å². The van der Waals surface area contributed by atoms with Gasteiger partial charge in [0.2, 0.25) is 0 Å². The fourth-order valence-corrected chi connectivity index (χ4v) is 1.83. The van der Waals surface area contributed by atoms with Gasteiger partial charge in [0.25, 0.3) is 0 Å². The first-order valence-corrected chi connectivity index (χ1v) is 5.14. The summed E-state index contributed by atoms with van der Waals surface area (Å²) >= 11 is 1.25. The van der Waals surface area contributed by atoms with Crippen molar-refractivity contribution < 1.29 is 9.90 Å². The molecule has 0 amide bonds. The lowest BCUT2D eigenvalue weighted by Gasteiger charge is -2.03. The molecule has 0 saturated carbocycles. The maximum absolute atomic E-state index is 10.7. The number of hydrogen-bond donors (Lipinski definition) is 2. The summed E-state index contributed by atoms with van der Waals surface area (Å²) in [5, 5.41) is 13.7. The number of rotatable bonds is 5. The van der Waals surface area contributed by atoms with Crippen molar-refractivity contribution in [3.05, 3.63) is 34.0 Å². The van der Waals surface area contributed by atoms with E-state index in [9.17, 15) is 4.79 Å². The van der Waals surface area contributed by atoms with E-state index in [4.69, 9.17) is 5.11 Å². The molecule has 0 aliphatic heterocycles. The topological polar surface area (TPSA) is 49.3 Å². The number of carboxylic acid groups (broad SMARTS) is 1. The first kappa shape index (κ1) is 10.9. The first-order valence-electron chi connectivity index (χ1n) is 4.26. The quantitative estimate of drug-likeness (QED) is 0.733. The van der Waals surface area contributed by atoms with Crippen LogP contribution in [0.2, 0.25) is 0 Å². The van der Waals surface area contributed by atoms with E-state index in [0.717, 1.165) is 17.7 Å². The number of carboxylic acids is 1. The zero-order valence-corrected chi connectivity index (χ0v) is 8.86. The van der Waals surface area contributed by atoms with Gasteiger partial charge in [-0.1, -0.05) is 12.2 Å². The average Bonchev–Trinajstić information content (AvgIpc) is 2.51. The molecule has 0 spiro atoms. The summed E-state index contributed by atoms with van der Waals surface area (Å²) in [7, 11) is 0. The highest BCUT2D eigenvalue weighted by atomic mass is 32.1. The van der Waals surface area contributed by atoms with E-state index in [2.05, 4.69) is 11.9 Å². The molecule has 3 nitrogen and oxygen atoms in total. The Morgan fingerprint density at radius 1 is 1.71 bits per heavy atom. The lowest BCUT2D eigenvalue weighted by molar-refractivity contribution is 0.0701. The van der Waals surface area contributed by atoms with Gasteiger partial charge in [0.15, 0.2) is 0 Å². The van der Waals surface area contributed by atoms with E-state index in [1.54, 1.807) is 5.38 Å². The molecule has 0 saturated heterocycles. The van der Waals surface area contributed by atoms with E-state index in [1.165, 1.54) is 11.3 Å². The second kappa shape index (κ2) is 4.93. The van der Waals surface area contributed by atoms with Gasteiger partial charge < -0.3 is 10.4 Å². The second-order valence-corrected chi connectivity index (χ2v) is 4.06. The number of carbonyl (C=O) groups is 1. The molecule has 1 rings (SSSR count). The summed E-state index contributed by atoms with van der Waals surface area (Å²) in [6, 6.07) is 1.83. The van der Waals surface area contributed by atoms with Gasteiger partial charge in [0.05, 0.1) is 0 Å². The van der Waals surface area contributed by atoms with Crippen LogP contribution < -0.4 is 5.32 Å². The van der Waals surface area contributed by atoms with E-state index >= 15 is 0 Å². The van der Waals surface area contributed by atoms with Crippen molar-refractivity contribution >= 4 is 17.3 Å². The molecular weight excluding hydrogens is 198 g/mol. The number of hydrogen-bond acceptors (Lipinski definition) is 3. The van der Waals surface area contributed by atoms with Gasteiger partial charge in [-0.3, -0.25) is 0 Å². The molecule has 1 heterocycles. The molecule has 0 atom stereocenters. The Balaban J connectivity index is 2.54. The summed E-state index contributed by atoms with van der Waals surface area (Å²) in [4.78, 5) is 11.2. The van der Waals surface area contributed by atoms with Crippen LogP contribution in [0.3, 0.4) is 0 Å². The highest BCUT2D eigenvalue weighted by Crippen LogP contribution is 2.16. The number of aromatic carboxylic acids is 1. The van der Waals surface area contributed by atoms with Gasteiger partial charge in [0, 0.05) is 13.1 Å². The largest absolute Gasteiger partial charge is 0.477 e. The number of thiophene rings is 1.